The van der Waals surface area contributed by atoms with E-state index in [0.29, 0.717) is 5.69 Å². The first-order valence-corrected chi connectivity index (χ1v) is 5.90. The molecule has 1 aromatic rings. The molecule has 1 aromatic heterocycles. The van der Waals surface area contributed by atoms with Crippen molar-refractivity contribution in [2.75, 3.05) is 7.11 Å². The SMILES string of the molecule is CO[C@H]1CCC[C@H](OC(=O)c2cncn2C)C1. The van der Waals surface area contributed by atoms with Gasteiger partial charge in [0.15, 0.2) is 0 Å². The maximum atomic E-state index is 11.9. The van der Waals surface area contributed by atoms with Crippen molar-refractivity contribution in [1.29, 1.82) is 0 Å². The first kappa shape index (κ1) is 12.1. The third-order valence-electron chi connectivity index (χ3n) is 3.21. The van der Waals surface area contributed by atoms with Gasteiger partial charge in [-0.1, -0.05) is 0 Å². The number of methoxy groups -OCH3 is 1. The molecular weight excluding hydrogens is 220 g/mol. The Kier molecular flexibility index (Phi) is 3.78. The first-order chi connectivity index (χ1) is 8.20. The molecule has 5 nitrogen and oxygen atoms in total. The number of imidazole rings is 1. The highest BCUT2D eigenvalue weighted by atomic mass is 16.5. The number of aryl methyl sites for hydroxylation is 1. The fraction of sp³-hybridized carbons (Fsp3) is 0.667. The summed E-state index contributed by atoms with van der Waals surface area (Å²) in [5.41, 5.74) is 0.490. The Bertz CT molecular complexity index is 389. The van der Waals surface area contributed by atoms with Crippen molar-refractivity contribution in [3.05, 3.63) is 18.2 Å². The summed E-state index contributed by atoms with van der Waals surface area (Å²) in [4.78, 5) is 15.8. The molecule has 1 saturated carbocycles. The van der Waals surface area contributed by atoms with Gasteiger partial charge in [-0.3, -0.25) is 0 Å². The summed E-state index contributed by atoms with van der Waals surface area (Å²) in [5, 5.41) is 0. The van der Waals surface area contributed by atoms with Gasteiger partial charge < -0.3 is 14.0 Å². The summed E-state index contributed by atoms with van der Waals surface area (Å²) >= 11 is 0. The molecule has 5 heteroatoms. The van der Waals surface area contributed by atoms with Gasteiger partial charge in [-0.15, -0.1) is 0 Å². The van der Waals surface area contributed by atoms with Crippen molar-refractivity contribution < 1.29 is 14.3 Å². The van der Waals surface area contributed by atoms with Gasteiger partial charge in [0, 0.05) is 20.6 Å². The van der Waals surface area contributed by atoms with Crippen molar-refractivity contribution in [2.24, 2.45) is 7.05 Å². The van der Waals surface area contributed by atoms with E-state index in [4.69, 9.17) is 9.47 Å². The molecule has 0 saturated heterocycles. The highest BCUT2D eigenvalue weighted by Gasteiger charge is 2.25. The van der Waals surface area contributed by atoms with Crippen LogP contribution in [0, 0.1) is 0 Å². The lowest BCUT2D eigenvalue weighted by molar-refractivity contribution is -0.0155. The summed E-state index contributed by atoms with van der Waals surface area (Å²) < 4.78 is 12.4. The van der Waals surface area contributed by atoms with Gasteiger partial charge in [0.2, 0.25) is 0 Å². The number of nitrogens with zero attached hydrogens (tertiary/aromatic N) is 2. The van der Waals surface area contributed by atoms with Gasteiger partial charge in [0.05, 0.1) is 18.6 Å². The van der Waals surface area contributed by atoms with Crippen LogP contribution in [0.4, 0.5) is 0 Å². The van der Waals surface area contributed by atoms with Crippen LogP contribution < -0.4 is 0 Å². The molecule has 0 radical (unpaired) electrons. The van der Waals surface area contributed by atoms with Crippen LogP contribution in [0.1, 0.15) is 36.2 Å². The summed E-state index contributed by atoms with van der Waals surface area (Å²) in [6.07, 6.45) is 7.11. The van der Waals surface area contributed by atoms with E-state index >= 15 is 0 Å². The Balaban J connectivity index is 1.93. The molecule has 0 aliphatic heterocycles. The van der Waals surface area contributed by atoms with Crippen LogP contribution in [0.5, 0.6) is 0 Å². The van der Waals surface area contributed by atoms with Gasteiger partial charge in [0.25, 0.3) is 0 Å². The number of hydrogen-bond donors (Lipinski definition) is 0. The molecule has 2 rings (SSSR count). The molecule has 0 spiro atoms. The Morgan fingerprint density at radius 1 is 1.47 bits per heavy atom. The zero-order valence-corrected chi connectivity index (χ0v) is 10.3. The number of rotatable bonds is 3. The van der Waals surface area contributed by atoms with E-state index < -0.39 is 0 Å². The van der Waals surface area contributed by atoms with E-state index in [-0.39, 0.29) is 18.2 Å². The zero-order valence-electron chi connectivity index (χ0n) is 10.3. The average molecular weight is 238 g/mol. The Hall–Kier alpha value is -1.36. The summed E-state index contributed by atoms with van der Waals surface area (Å²) in [6.45, 7) is 0. The topological polar surface area (TPSA) is 53.4 Å². The molecule has 0 unspecified atom stereocenters. The number of aromatic nitrogens is 2. The highest BCUT2D eigenvalue weighted by Crippen LogP contribution is 2.23. The van der Waals surface area contributed by atoms with E-state index in [2.05, 4.69) is 4.98 Å². The first-order valence-electron chi connectivity index (χ1n) is 5.90. The maximum Gasteiger partial charge on any atom is 0.356 e. The fourth-order valence-corrected chi connectivity index (χ4v) is 2.19. The fourth-order valence-electron chi connectivity index (χ4n) is 2.19. The van der Waals surface area contributed by atoms with Crippen LogP contribution in [0.2, 0.25) is 0 Å². The summed E-state index contributed by atoms with van der Waals surface area (Å²) in [6, 6.07) is 0. The summed E-state index contributed by atoms with van der Waals surface area (Å²) in [7, 11) is 3.48. The van der Waals surface area contributed by atoms with Gasteiger partial charge in [-0.2, -0.15) is 0 Å². The molecule has 17 heavy (non-hydrogen) atoms. The van der Waals surface area contributed by atoms with Crippen molar-refractivity contribution in [1.82, 2.24) is 9.55 Å². The van der Waals surface area contributed by atoms with Gasteiger partial charge in [-0.05, 0) is 19.3 Å². The number of carbonyl (C=O) groups excluding carboxylic acids is 1. The molecule has 2 atom stereocenters. The monoisotopic (exact) mass is 238 g/mol. The van der Waals surface area contributed by atoms with Crippen molar-refractivity contribution in [3.63, 3.8) is 0 Å². The van der Waals surface area contributed by atoms with Crippen LogP contribution in [-0.4, -0.2) is 34.8 Å². The molecular formula is C12H18N2O3. The van der Waals surface area contributed by atoms with E-state index in [9.17, 15) is 4.79 Å². The molecule has 1 fully saturated rings. The molecule has 94 valence electrons. The van der Waals surface area contributed by atoms with Crippen molar-refractivity contribution in [3.8, 4) is 0 Å². The number of esters is 1. The molecule has 0 aromatic carbocycles. The number of ether oxygens (including phenoxy) is 2. The van der Waals surface area contributed by atoms with E-state index in [0.717, 1.165) is 25.7 Å². The second-order valence-electron chi connectivity index (χ2n) is 4.44. The Labute approximate surface area is 101 Å². The predicted octanol–water partition coefficient (Wildman–Crippen LogP) is 1.53. The van der Waals surface area contributed by atoms with E-state index in [1.54, 1.807) is 25.1 Å². The molecule has 0 bridgehead atoms. The van der Waals surface area contributed by atoms with Crippen LogP contribution in [0.15, 0.2) is 12.5 Å². The zero-order chi connectivity index (χ0) is 12.3. The minimum Gasteiger partial charge on any atom is -0.458 e. The van der Waals surface area contributed by atoms with Crippen LogP contribution in [0.25, 0.3) is 0 Å². The normalized spacial score (nSPS) is 24.6. The van der Waals surface area contributed by atoms with Crippen LogP contribution in [-0.2, 0) is 16.5 Å². The lowest BCUT2D eigenvalue weighted by atomic mass is 9.95. The van der Waals surface area contributed by atoms with Crippen LogP contribution >= 0.6 is 0 Å². The lowest BCUT2D eigenvalue weighted by Gasteiger charge is -2.27. The average Bonchev–Trinajstić information content (AvgIpc) is 2.76. The van der Waals surface area contributed by atoms with Gasteiger partial charge >= 0.3 is 5.97 Å². The minimum atomic E-state index is -0.299. The molecule has 1 heterocycles. The minimum absolute atomic E-state index is 0.0314. The standard InChI is InChI=1S/C12H18N2O3/c1-14-8-13-7-11(14)12(15)17-10-5-3-4-9(6-10)16-2/h7-10H,3-6H2,1-2H3/t9-,10-/m0/s1. The highest BCUT2D eigenvalue weighted by molar-refractivity contribution is 5.87. The molecule has 1 aliphatic rings. The summed E-state index contributed by atoms with van der Waals surface area (Å²) in [5.74, 6) is -0.299. The Morgan fingerprint density at radius 2 is 2.24 bits per heavy atom. The Morgan fingerprint density at radius 3 is 2.88 bits per heavy atom. The van der Waals surface area contributed by atoms with Crippen molar-refractivity contribution in [2.45, 2.75) is 37.9 Å². The molecule has 0 N–H and O–H groups in total. The van der Waals surface area contributed by atoms with E-state index in [1.165, 1.54) is 6.20 Å². The molecule has 0 amide bonds. The predicted molar refractivity (Wildman–Crippen MR) is 61.7 cm³/mol. The second kappa shape index (κ2) is 5.31. The van der Waals surface area contributed by atoms with Crippen LogP contribution in [0.3, 0.4) is 0 Å². The third kappa shape index (κ3) is 2.85. The maximum absolute atomic E-state index is 11.9. The quantitative estimate of drug-likeness (QED) is 0.749. The number of carbonyl (C=O) groups is 1. The van der Waals surface area contributed by atoms with Gasteiger partial charge in [0.1, 0.15) is 11.8 Å². The smallest absolute Gasteiger partial charge is 0.356 e. The number of hydrogen-bond acceptors (Lipinski definition) is 4. The van der Waals surface area contributed by atoms with Gasteiger partial charge in [-0.25, -0.2) is 9.78 Å². The third-order valence-corrected chi connectivity index (χ3v) is 3.21. The second-order valence-corrected chi connectivity index (χ2v) is 4.44. The van der Waals surface area contributed by atoms with Crippen molar-refractivity contribution >= 4 is 5.97 Å². The lowest BCUT2D eigenvalue weighted by Crippen LogP contribution is -2.29. The largest absolute Gasteiger partial charge is 0.458 e. The van der Waals surface area contributed by atoms with E-state index in [1.807, 2.05) is 0 Å². The molecule has 1 aliphatic carbocycles.